The van der Waals surface area contributed by atoms with E-state index in [9.17, 15) is 14.4 Å². The summed E-state index contributed by atoms with van der Waals surface area (Å²) in [5.74, 6) is -0.535. The van der Waals surface area contributed by atoms with E-state index in [0.29, 0.717) is 11.3 Å². The van der Waals surface area contributed by atoms with Crippen molar-refractivity contribution in [1.29, 1.82) is 0 Å². The molecule has 1 aromatic heterocycles. The van der Waals surface area contributed by atoms with Gasteiger partial charge in [0, 0.05) is 16.1 Å². The van der Waals surface area contributed by atoms with Crippen LogP contribution in [0.25, 0.3) is 0 Å². The highest BCUT2D eigenvalue weighted by Gasteiger charge is 2.28. The molecule has 1 aliphatic heterocycles. The van der Waals surface area contributed by atoms with Crippen LogP contribution in [0.4, 0.5) is 10.5 Å². The Kier molecular flexibility index (Phi) is 5.03. The van der Waals surface area contributed by atoms with E-state index in [-0.39, 0.29) is 24.4 Å². The van der Waals surface area contributed by atoms with Crippen LogP contribution >= 0.6 is 11.3 Å². The maximum Gasteiger partial charge on any atom is 0.329 e. The quantitative estimate of drug-likeness (QED) is 0.790. The number of nitrogens with one attached hydrogen (secondary N) is 2. The fourth-order valence-electron chi connectivity index (χ4n) is 2.67. The summed E-state index contributed by atoms with van der Waals surface area (Å²) in [5, 5.41) is 6.13. The van der Waals surface area contributed by atoms with Gasteiger partial charge in [0.1, 0.15) is 11.6 Å². The number of carbonyl (C=O) groups excluding carboxylic acids is 3. The second-order valence-corrected chi connectivity index (χ2v) is 7.35. The number of thiazole rings is 1. The number of amides is 4. The highest BCUT2D eigenvalue weighted by atomic mass is 32.1. The first-order chi connectivity index (χ1) is 12.4. The van der Waals surface area contributed by atoms with Gasteiger partial charge in [-0.25, -0.2) is 9.78 Å². The van der Waals surface area contributed by atoms with Crippen molar-refractivity contribution in [3.05, 3.63) is 45.4 Å². The molecule has 1 aromatic carbocycles. The molecule has 8 heteroatoms. The fourth-order valence-corrected chi connectivity index (χ4v) is 3.73. The predicted molar refractivity (Wildman–Crippen MR) is 99.4 cm³/mol. The molecule has 1 aliphatic rings. The van der Waals surface area contributed by atoms with Gasteiger partial charge in [0.15, 0.2) is 0 Å². The number of imide groups is 1. The molecule has 0 saturated carbocycles. The number of carbonyl (C=O) groups is 3. The van der Waals surface area contributed by atoms with Crippen LogP contribution in [0, 0.1) is 13.8 Å². The Hall–Kier alpha value is -2.74. The Morgan fingerprint density at radius 3 is 2.50 bits per heavy atom. The summed E-state index contributed by atoms with van der Waals surface area (Å²) in [6.45, 7) is 5.97. The van der Waals surface area contributed by atoms with Gasteiger partial charge < -0.3 is 5.32 Å². The van der Waals surface area contributed by atoms with E-state index in [1.807, 2.05) is 20.8 Å². The molecule has 1 saturated heterocycles. The topological polar surface area (TPSA) is 91.4 Å². The van der Waals surface area contributed by atoms with Crippen LogP contribution in [0.3, 0.4) is 0 Å². The summed E-state index contributed by atoms with van der Waals surface area (Å²) >= 11 is 1.60. The summed E-state index contributed by atoms with van der Waals surface area (Å²) in [7, 11) is 0. The summed E-state index contributed by atoms with van der Waals surface area (Å²) in [6.07, 6.45) is 0.742. The van der Waals surface area contributed by atoms with Crippen LogP contribution in [-0.2, 0) is 4.79 Å². The molecule has 0 aliphatic carbocycles. The van der Waals surface area contributed by atoms with Gasteiger partial charge in [-0.1, -0.05) is 6.92 Å². The van der Waals surface area contributed by atoms with Gasteiger partial charge in [-0.15, -0.1) is 11.3 Å². The van der Waals surface area contributed by atoms with Crippen molar-refractivity contribution >= 4 is 34.9 Å². The zero-order valence-corrected chi connectivity index (χ0v) is 15.6. The fraction of sp³-hybridized carbons (Fsp3) is 0.333. The van der Waals surface area contributed by atoms with Gasteiger partial charge in [-0.3, -0.25) is 19.8 Å². The molecule has 1 fully saturated rings. The second kappa shape index (κ2) is 7.25. The van der Waals surface area contributed by atoms with Gasteiger partial charge in [-0.05, 0) is 44.5 Å². The zero-order valence-electron chi connectivity index (χ0n) is 14.8. The largest absolute Gasteiger partial charge is 0.343 e. The smallest absolute Gasteiger partial charge is 0.329 e. The Bertz CT molecular complexity index is 840. The molecule has 0 spiro atoms. The lowest BCUT2D eigenvalue weighted by Gasteiger charge is -2.16. The van der Waals surface area contributed by atoms with E-state index in [1.54, 1.807) is 35.6 Å². The molecular weight excluding hydrogens is 352 g/mol. The average Bonchev–Trinajstić information content (AvgIpc) is 3.13. The van der Waals surface area contributed by atoms with E-state index in [0.717, 1.165) is 22.0 Å². The molecule has 136 valence electrons. The lowest BCUT2D eigenvalue weighted by atomic mass is 10.1. The van der Waals surface area contributed by atoms with E-state index in [4.69, 9.17) is 0 Å². The summed E-state index contributed by atoms with van der Waals surface area (Å²) < 4.78 is 0. The highest BCUT2D eigenvalue weighted by Crippen LogP contribution is 2.25. The molecule has 7 nitrogen and oxygen atoms in total. The standard InChI is InChI=1S/C18H20N4O3S/c1-4-14(17-19-10(2)11(3)26-17)20-16(24)12-5-7-13(8-6-12)22-9-15(23)21-18(22)25/h5-8,14H,4,9H2,1-3H3,(H,20,24)(H,21,23,25). The number of benzene rings is 1. The zero-order chi connectivity index (χ0) is 18.8. The first-order valence-corrected chi connectivity index (χ1v) is 9.17. The average molecular weight is 372 g/mol. The number of nitrogens with zero attached hydrogens (tertiary/aromatic N) is 2. The van der Waals surface area contributed by atoms with Gasteiger partial charge in [0.2, 0.25) is 5.91 Å². The summed E-state index contributed by atoms with van der Waals surface area (Å²) in [5.41, 5.74) is 2.05. The van der Waals surface area contributed by atoms with Crippen LogP contribution in [-0.4, -0.2) is 29.4 Å². The monoisotopic (exact) mass is 372 g/mol. The number of rotatable bonds is 5. The van der Waals surface area contributed by atoms with Gasteiger partial charge in [0.05, 0.1) is 11.7 Å². The normalized spacial score (nSPS) is 15.1. The van der Waals surface area contributed by atoms with Gasteiger partial charge >= 0.3 is 6.03 Å². The molecule has 2 aromatic rings. The minimum absolute atomic E-state index is 0.00889. The number of hydrogen-bond acceptors (Lipinski definition) is 5. The number of urea groups is 1. The van der Waals surface area contributed by atoms with E-state index >= 15 is 0 Å². The lowest BCUT2D eigenvalue weighted by Crippen LogP contribution is -2.29. The van der Waals surface area contributed by atoms with Crippen LogP contribution in [0.1, 0.15) is 45.3 Å². The van der Waals surface area contributed by atoms with Crippen molar-refractivity contribution < 1.29 is 14.4 Å². The first-order valence-electron chi connectivity index (χ1n) is 8.35. The molecule has 3 rings (SSSR count). The van der Waals surface area contributed by atoms with Crippen molar-refractivity contribution in [3.8, 4) is 0 Å². The third kappa shape index (κ3) is 3.60. The molecular formula is C18H20N4O3S. The number of anilines is 1. The molecule has 2 N–H and O–H groups in total. The molecule has 2 heterocycles. The molecule has 1 unspecified atom stereocenters. The highest BCUT2D eigenvalue weighted by molar-refractivity contribution is 7.11. The number of hydrogen-bond donors (Lipinski definition) is 2. The van der Waals surface area contributed by atoms with Crippen LogP contribution < -0.4 is 15.5 Å². The van der Waals surface area contributed by atoms with Crippen molar-refractivity contribution in [2.75, 3.05) is 11.4 Å². The van der Waals surface area contributed by atoms with Crippen LogP contribution in [0.15, 0.2) is 24.3 Å². The molecule has 0 radical (unpaired) electrons. The molecule has 0 bridgehead atoms. The van der Waals surface area contributed by atoms with Crippen molar-refractivity contribution in [1.82, 2.24) is 15.6 Å². The lowest BCUT2D eigenvalue weighted by molar-refractivity contribution is -0.117. The maximum absolute atomic E-state index is 12.5. The number of aryl methyl sites for hydroxylation is 2. The van der Waals surface area contributed by atoms with Gasteiger partial charge in [-0.2, -0.15) is 0 Å². The van der Waals surface area contributed by atoms with Crippen LogP contribution in [0.2, 0.25) is 0 Å². The minimum atomic E-state index is -0.451. The third-order valence-corrected chi connectivity index (χ3v) is 5.48. The Labute approximate surface area is 155 Å². The SMILES string of the molecule is CCC(NC(=O)c1ccc(N2CC(=O)NC2=O)cc1)c1nc(C)c(C)s1. The Morgan fingerprint density at radius 2 is 2.00 bits per heavy atom. The maximum atomic E-state index is 12.5. The van der Waals surface area contributed by atoms with Crippen LogP contribution in [0.5, 0.6) is 0 Å². The van der Waals surface area contributed by atoms with E-state index in [2.05, 4.69) is 15.6 Å². The first kappa shape index (κ1) is 18.1. The minimum Gasteiger partial charge on any atom is -0.343 e. The third-order valence-electron chi connectivity index (χ3n) is 4.29. The van der Waals surface area contributed by atoms with E-state index < -0.39 is 6.03 Å². The number of aromatic nitrogens is 1. The van der Waals surface area contributed by atoms with Crippen molar-refractivity contribution in [2.24, 2.45) is 0 Å². The van der Waals surface area contributed by atoms with Crippen molar-refractivity contribution in [3.63, 3.8) is 0 Å². The summed E-state index contributed by atoms with van der Waals surface area (Å²) in [6, 6.07) is 6.02. The molecule has 4 amide bonds. The Balaban J connectivity index is 1.71. The molecule has 1 atom stereocenters. The Morgan fingerprint density at radius 1 is 1.31 bits per heavy atom. The van der Waals surface area contributed by atoms with E-state index in [1.165, 1.54) is 4.90 Å². The van der Waals surface area contributed by atoms with Gasteiger partial charge in [0.25, 0.3) is 5.91 Å². The predicted octanol–water partition coefficient (Wildman–Crippen LogP) is 2.70. The second-order valence-electron chi connectivity index (χ2n) is 6.11. The molecule has 26 heavy (non-hydrogen) atoms. The van der Waals surface area contributed by atoms with Crippen molar-refractivity contribution in [2.45, 2.75) is 33.2 Å². The summed E-state index contributed by atoms with van der Waals surface area (Å²) in [4.78, 5) is 42.5.